The number of hydrogen-bond acceptors (Lipinski definition) is 3. The van der Waals surface area contributed by atoms with Crippen LogP contribution in [0.1, 0.15) is 33.3 Å². The van der Waals surface area contributed by atoms with Gasteiger partial charge in [0.25, 0.3) is 5.91 Å². The maximum Gasteiger partial charge on any atom is 0.290 e. The van der Waals surface area contributed by atoms with Gasteiger partial charge in [0.05, 0.1) is 17.0 Å². The van der Waals surface area contributed by atoms with E-state index in [1.54, 1.807) is 18.0 Å². The van der Waals surface area contributed by atoms with E-state index in [-0.39, 0.29) is 17.1 Å². The Balaban J connectivity index is 2.05. The standard InChI is InChI=1S/C19H14BrNO3/c1-10-6-7-14-13(8-10)17(22)15-16(11-4-3-5-12(20)9-11)21(2)19(23)18(15)24-14/h3-9,16H,1-2H3/t16-/m0/s1. The maximum atomic E-state index is 13.1. The summed E-state index contributed by atoms with van der Waals surface area (Å²) in [6.45, 7) is 1.93. The van der Waals surface area contributed by atoms with Crippen LogP contribution in [0.3, 0.4) is 0 Å². The molecule has 5 heteroatoms. The van der Waals surface area contributed by atoms with Gasteiger partial charge in [-0.3, -0.25) is 9.59 Å². The van der Waals surface area contributed by atoms with Gasteiger partial charge in [0.1, 0.15) is 5.58 Å². The van der Waals surface area contributed by atoms with Crippen LogP contribution in [0.4, 0.5) is 0 Å². The van der Waals surface area contributed by atoms with Crippen LogP contribution in [0, 0.1) is 6.92 Å². The molecule has 4 nitrogen and oxygen atoms in total. The predicted octanol–water partition coefficient (Wildman–Crippen LogP) is 4.04. The van der Waals surface area contributed by atoms with Crippen molar-refractivity contribution in [2.24, 2.45) is 0 Å². The summed E-state index contributed by atoms with van der Waals surface area (Å²) < 4.78 is 6.70. The van der Waals surface area contributed by atoms with Gasteiger partial charge in [0.2, 0.25) is 5.76 Å². The first-order valence-electron chi connectivity index (χ1n) is 7.57. The lowest BCUT2D eigenvalue weighted by Crippen LogP contribution is -2.25. The zero-order valence-corrected chi connectivity index (χ0v) is 14.8. The average Bonchev–Trinajstić information content (AvgIpc) is 2.81. The summed E-state index contributed by atoms with van der Waals surface area (Å²) in [4.78, 5) is 27.2. The molecule has 1 amide bonds. The van der Waals surface area contributed by atoms with Gasteiger partial charge in [-0.25, -0.2) is 0 Å². The topological polar surface area (TPSA) is 50.5 Å². The molecular weight excluding hydrogens is 370 g/mol. The second-order valence-corrected chi connectivity index (χ2v) is 6.96. The fourth-order valence-electron chi connectivity index (χ4n) is 3.27. The highest BCUT2D eigenvalue weighted by atomic mass is 79.9. The zero-order chi connectivity index (χ0) is 17.0. The molecule has 1 aliphatic rings. The van der Waals surface area contributed by atoms with Crippen molar-refractivity contribution in [2.45, 2.75) is 13.0 Å². The Morgan fingerprint density at radius 2 is 1.92 bits per heavy atom. The van der Waals surface area contributed by atoms with E-state index in [2.05, 4.69) is 15.9 Å². The summed E-state index contributed by atoms with van der Waals surface area (Å²) in [6, 6.07) is 12.6. The highest BCUT2D eigenvalue weighted by Crippen LogP contribution is 2.37. The largest absolute Gasteiger partial charge is 0.450 e. The first kappa shape index (κ1) is 15.1. The van der Waals surface area contributed by atoms with Crippen molar-refractivity contribution in [1.29, 1.82) is 0 Å². The van der Waals surface area contributed by atoms with E-state index in [1.807, 2.05) is 43.3 Å². The predicted molar refractivity (Wildman–Crippen MR) is 95.3 cm³/mol. The SMILES string of the molecule is Cc1ccc2oc3c(c(=O)c2c1)[C@H](c1cccc(Br)c1)N(C)C3=O. The molecule has 0 spiro atoms. The number of hydrogen-bond donors (Lipinski definition) is 0. The number of halogens is 1. The Bertz CT molecular complexity index is 1050. The highest BCUT2D eigenvalue weighted by Gasteiger charge is 2.40. The minimum atomic E-state index is -0.439. The molecule has 0 aliphatic carbocycles. The van der Waals surface area contributed by atoms with Gasteiger partial charge in [-0.15, -0.1) is 0 Å². The third-order valence-electron chi connectivity index (χ3n) is 4.42. The first-order chi connectivity index (χ1) is 11.5. The van der Waals surface area contributed by atoms with E-state index in [9.17, 15) is 9.59 Å². The van der Waals surface area contributed by atoms with Gasteiger partial charge in [-0.05, 0) is 36.8 Å². The van der Waals surface area contributed by atoms with E-state index < -0.39 is 6.04 Å². The van der Waals surface area contributed by atoms with Gasteiger partial charge >= 0.3 is 0 Å². The molecule has 0 saturated carbocycles. The van der Waals surface area contributed by atoms with Crippen LogP contribution in [-0.4, -0.2) is 17.9 Å². The quantitative estimate of drug-likeness (QED) is 0.637. The molecule has 0 radical (unpaired) electrons. The molecule has 1 aromatic heterocycles. The molecule has 3 aromatic rings. The van der Waals surface area contributed by atoms with Crippen LogP contribution in [0.5, 0.6) is 0 Å². The van der Waals surface area contributed by atoms with Crippen molar-refractivity contribution >= 4 is 32.8 Å². The molecule has 1 aliphatic heterocycles. The van der Waals surface area contributed by atoms with Crippen LogP contribution < -0.4 is 5.43 Å². The minimum absolute atomic E-state index is 0.141. The van der Waals surface area contributed by atoms with E-state index in [1.165, 1.54) is 0 Å². The number of aryl methyl sites for hydroxylation is 1. The first-order valence-corrected chi connectivity index (χ1v) is 8.36. The molecule has 0 unspecified atom stereocenters. The summed E-state index contributed by atoms with van der Waals surface area (Å²) in [5.74, 6) is -0.127. The molecule has 0 bridgehead atoms. The number of carbonyl (C=O) groups excluding carboxylic acids is 1. The van der Waals surface area contributed by atoms with E-state index >= 15 is 0 Å². The Morgan fingerprint density at radius 3 is 2.67 bits per heavy atom. The lowest BCUT2D eigenvalue weighted by molar-refractivity contribution is 0.0771. The van der Waals surface area contributed by atoms with E-state index in [0.717, 1.165) is 15.6 Å². The lowest BCUT2D eigenvalue weighted by Gasteiger charge is -2.20. The van der Waals surface area contributed by atoms with Crippen LogP contribution in [0.15, 0.2) is 56.1 Å². The summed E-state index contributed by atoms with van der Waals surface area (Å²) in [5.41, 5.74) is 2.57. The van der Waals surface area contributed by atoms with Crippen LogP contribution >= 0.6 is 15.9 Å². The molecule has 4 rings (SSSR count). The molecule has 2 aromatic carbocycles. The summed E-state index contributed by atoms with van der Waals surface area (Å²) >= 11 is 3.45. The van der Waals surface area contributed by atoms with Crippen molar-refractivity contribution in [3.05, 3.63) is 79.6 Å². The monoisotopic (exact) mass is 383 g/mol. The van der Waals surface area contributed by atoms with Crippen LogP contribution in [0.25, 0.3) is 11.0 Å². The Labute approximate surface area is 146 Å². The van der Waals surface area contributed by atoms with Gasteiger partial charge < -0.3 is 9.32 Å². The van der Waals surface area contributed by atoms with E-state index in [0.29, 0.717) is 16.5 Å². The second-order valence-electron chi connectivity index (χ2n) is 6.05. The highest BCUT2D eigenvalue weighted by molar-refractivity contribution is 9.10. The molecule has 0 N–H and O–H groups in total. The molecule has 2 heterocycles. The third kappa shape index (κ3) is 2.12. The number of rotatable bonds is 1. The smallest absolute Gasteiger partial charge is 0.290 e. The van der Waals surface area contributed by atoms with Crippen molar-refractivity contribution in [3.63, 3.8) is 0 Å². The van der Waals surface area contributed by atoms with Gasteiger partial charge in [-0.1, -0.05) is 39.7 Å². The number of carbonyl (C=O) groups is 1. The molecule has 0 saturated heterocycles. The molecule has 0 fully saturated rings. The number of benzene rings is 2. The number of amides is 1. The minimum Gasteiger partial charge on any atom is -0.450 e. The maximum absolute atomic E-state index is 13.1. The van der Waals surface area contributed by atoms with E-state index in [4.69, 9.17) is 4.42 Å². The Kier molecular flexibility index (Phi) is 3.35. The molecule has 1 atom stereocenters. The summed E-state index contributed by atoms with van der Waals surface area (Å²) in [7, 11) is 1.69. The van der Waals surface area contributed by atoms with Gasteiger partial charge in [0, 0.05) is 11.5 Å². The third-order valence-corrected chi connectivity index (χ3v) is 4.91. The van der Waals surface area contributed by atoms with Gasteiger partial charge in [-0.2, -0.15) is 0 Å². The zero-order valence-electron chi connectivity index (χ0n) is 13.2. The normalized spacial score (nSPS) is 16.7. The van der Waals surface area contributed by atoms with Crippen molar-refractivity contribution in [1.82, 2.24) is 4.90 Å². The van der Waals surface area contributed by atoms with Crippen molar-refractivity contribution < 1.29 is 9.21 Å². The number of fused-ring (bicyclic) bond motifs is 2. The van der Waals surface area contributed by atoms with Crippen molar-refractivity contribution in [2.75, 3.05) is 7.05 Å². The summed E-state index contributed by atoms with van der Waals surface area (Å²) in [6.07, 6.45) is 0. The molecule has 120 valence electrons. The fourth-order valence-corrected chi connectivity index (χ4v) is 3.69. The average molecular weight is 384 g/mol. The lowest BCUT2D eigenvalue weighted by atomic mass is 9.98. The Hall–Kier alpha value is -2.40. The van der Waals surface area contributed by atoms with Crippen LogP contribution in [0.2, 0.25) is 0 Å². The van der Waals surface area contributed by atoms with Gasteiger partial charge in [0.15, 0.2) is 5.43 Å². The Morgan fingerprint density at radius 1 is 1.12 bits per heavy atom. The number of nitrogens with zero attached hydrogens (tertiary/aromatic N) is 1. The fraction of sp³-hybridized carbons (Fsp3) is 0.158. The summed E-state index contributed by atoms with van der Waals surface area (Å²) in [5, 5.41) is 0.511. The van der Waals surface area contributed by atoms with Crippen LogP contribution in [-0.2, 0) is 0 Å². The van der Waals surface area contributed by atoms with Crippen molar-refractivity contribution in [3.8, 4) is 0 Å². The second kappa shape index (κ2) is 5.31. The molecular formula is C19H14BrNO3. The molecule has 24 heavy (non-hydrogen) atoms.